The maximum absolute atomic E-state index is 12.4. The van der Waals surface area contributed by atoms with Crippen LogP contribution in [-0.4, -0.2) is 54.0 Å². The average molecular weight is 281 g/mol. The van der Waals surface area contributed by atoms with E-state index in [0.717, 1.165) is 32.4 Å². The van der Waals surface area contributed by atoms with Crippen molar-refractivity contribution in [3.63, 3.8) is 0 Å². The molecule has 2 N–H and O–H groups in total. The lowest BCUT2D eigenvalue weighted by atomic mass is 9.96. The Labute approximate surface area is 123 Å². The minimum Gasteiger partial charge on any atom is -0.341 e. The van der Waals surface area contributed by atoms with Gasteiger partial charge in [-0.1, -0.05) is 26.7 Å². The van der Waals surface area contributed by atoms with E-state index >= 15 is 0 Å². The van der Waals surface area contributed by atoms with Gasteiger partial charge in [-0.2, -0.15) is 0 Å². The van der Waals surface area contributed by atoms with Gasteiger partial charge in [-0.3, -0.25) is 4.79 Å². The smallest absolute Gasteiger partial charge is 0.239 e. The lowest BCUT2D eigenvalue weighted by molar-refractivity contribution is -0.135. The Balaban J connectivity index is 1.79. The van der Waals surface area contributed by atoms with Crippen molar-refractivity contribution in [2.75, 3.05) is 26.2 Å². The van der Waals surface area contributed by atoms with Crippen LogP contribution >= 0.6 is 0 Å². The third-order valence-electron chi connectivity index (χ3n) is 5.23. The number of piperidine rings is 2. The molecule has 2 fully saturated rings. The molecule has 0 aromatic rings. The first-order valence-electron chi connectivity index (χ1n) is 8.42. The van der Waals surface area contributed by atoms with E-state index in [1.807, 2.05) is 4.90 Å². The van der Waals surface area contributed by atoms with Crippen LogP contribution in [0.5, 0.6) is 0 Å². The van der Waals surface area contributed by atoms with E-state index in [-0.39, 0.29) is 17.9 Å². The van der Waals surface area contributed by atoms with E-state index in [0.29, 0.717) is 6.04 Å². The summed E-state index contributed by atoms with van der Waals surface area (Å²) in [7, 11) is 0. The quantitative estimate of drug-likeness (QED) is 0.855. The highest BCUT2D eigenvalue weighted by Gasteiger charge is 2.30. The summed E-state index contributed by atoms with van der Waals surface area (Å²) in [5.41, 5.74) is 6.08. The summed E-state index contributed by atoms with van der Waals surface area (Å²) >= 11 is 0. The number of nitrogens with two attached hydrogens (primary N) is 1. The molecule has 0 aromatic heterocycles. The van der Waals surface area contributed by atoms with Crippen molar-refractivity contribution >= 4 is 5.91 Å². The summed E-state index contributed by atoms with van der Waals surface area (Å²) in [6.07, 6.45) is 7.29. The number of nitrogens with zero attached hydrogens (tertiary/aromatic N) is 2. The number of likely N-dealkylation sites (tertiary alicyclic amines) is 2. The third kappa shape index (κ3) is 3.73. The Hall–Kier alpha value is -0.610. The lowest BCUT2D eigenvalue weighted by Gasteiger charge is -2.41. The monoisotopic (exact) mass is 281 g/mol. The first-order valence-corrected chi connectivity index (χ1v) is 8.42. The first kappa shape index (κ1) is 15.8. The van der Waals surface area contributed by atoms with Crippen LogP contribution in [-0.2, 0) is 4.79 Å². The van der Waals surface area contributed by atoms with Gasteiger partial charge in [0.05, 0.1) is 6.04 Å². The Morgan fingerprint density at radius 2 is 1.75 bits per heavy atom. The maximum atomic E-state index is 12.4. The van der Waals surface area contributed by atoms with Crippen LogP contribution in [0.4, 0.5) is 0 Å². The molecule has 4 nitrogen and oxygen atoms in total. The standard InChI is InChI=1S/C16H31N3O/c1-3-13(2)15(17)16(20)19-11-7-14(8-12-19)18-9-5-4-6-10-18/h13-15H,3-12,17H2,1-2H3. The molecular weight excluding hydrogens is 250 g/mol. The van der Waals surface area contributed by atoms with Gasteiger partial charge in [0.15, 0.2) is 0 Å². The van der Waals surface area contributed by atoms with Crippen molar-refractivity contribution in [2.45, 2.75) is 64.5 Å². The number of carbonyl (C=O) groups is 1. The van der Waals surface area contributed by atoms with E-state index in [9.17, 15) is 4.79 Å². The highest BCUT2D eigenvalue weighted by atomic mass is 16.2. The number of carbonyl (C=O) groups excluding carboxylic acids is 1. The van der Waals surface area contributed by atoms with Crippen molar-refractivity contribution < 1.29 is 4.79 Å². The fourth-order valence-corrected chi connectivity index (χ4v) is 3.44. The summed E-state index contributed by atoms with van der Waals surface area (Å²) < 4.78 is 0. The number of amides is 1. The van der Waals surface area contributed by atoms with Crippen LogP contribution in [0.1, 0.15) is 52.4 Å². The molecule has 1 amide bonds. The molecule has 0 aromatic carbocycles. The number of hydrogen-bond donors (Lipinski definition) is 1. The minimum atomic E-state index is -0.313. The zero-order chi connectivity index (χ0) is 14.5. The van der Waals surface area contributed by atoms with Crippen molar-refractivity contribution in [3.8, 4) is 0 Å². The van der Waals surface area contributed by atoms with Crippen LogP contribution in [0, 0.1) is 5.92 Å². The summed E-state index contributed by atoms with van der Waals surface area (Å²) in [5, 5.41) is 0. The Kier molecular flexibility index (Phi) is 5.85. The molecule has 0 spiro atoms. The zero-order valence-corrected chi connectivity index (χ0v) is 13.2. The van der Waals surface area contributed by atoms with Crippen molar-refractivity contribution in [3.05, 3.63) is 0 Å². The predicted octanol–water partition coefficient (Wildman–Crippen LogP) is 1.84. The SMILES string of the molecule is CCC(C)C(N)C(=O)N1CCC(N2CCCCC2)CC1. The summed E-state index contributed by atoms with van der Waals surface area (Å²) in [6, 6.07) is 0.380. The molecule has 2 aliphatic rings. The second kappa shape index (κ2) is 7.41. The summed E-state index contributed by atoms with van der Waals surface area (Å²) in [6.45, 7) is 8.47. The summed E-state index contributed by atoms with van der Waals surface area (Å²) in [4.78, 5) is 17.0. The second-order valence-electron chi connectivity index (χ2n) is 6.56. The molecule has 4 heteroatoms. The van der Waals surface area contributed by atoms with E-state index in [2.05, 4.69) is 18.7 Å². The second-order valence-corrected chi connectivity index (χ2v) is 6.56. The molecule has 0 bridgehead atoms. The Bertz CT molecular complexity index is 307. The van der Waals surface area contributed by atoms with Gasteiger partial charge in [0.2, 0.25) is 5.91 Å². The van der Waals surface area contributed by atoms with Crippen LogP contribution < -0.4 is 5.73 Å². The Morgan fingerprint density at radius 1 is 1.15 bits per heavy atom. The Morgan fingerprint density at radius 3 is 2.30 bits per heavy atom. The largest absolute Gasteiger partial charge is 0.341 e. The van der Waals surface area contributed by atoms with E-state index in [1.165, 1.54) is 32.4 Å². The molecule has 0 saturated carbocycles. The molecule has 0 aliphatic carbocycles. The summed E-state index contributed by atoms with van der Waals surface area (Å²) in [5.74, 6) is 0.443. The molecule has 2 saturated heterocycles. The van der Waals surface area contributed by atoms with Gasteiger partial charge in [-0.25, -0.2) is 0 Å². The third-order valence-corrected chi connectivity index (χ3v) is 5.23. The molecule has 2 aliphatic heterocycles. The number of rotatable bonds is 4. The van der Waals surface area contributed by atoms with Crippen molar-refractivity contribution in [1.29, 1.82) is 0 Å². The van der Waals surface area contributed by atoms with Gasteiger partial charge >= 0.3 is 0 Å². The van der Waals surface area contributed by atoms with Crippen LogP contribution in [0.3, 0.4) is 0 Å². The van der Waals surface area contributed by atoms with Gasteiger partial charge in [-0.05, 0) is 44.7 Å². The van der Waals surface area contributed by atoms with Crippen LogP contribution in [0.25, 0.3) is 0 Å². The normalized spacial score (nSPS) is 25.4. The average Bonchev–Trinajstić information content (AvgIpc) is 2.53. The molecule has 0 radical (unpaired) electrons. The van der Waals surface area contributed by atoms with Crippen molar-refractivity contribution in [1.82, 2.24) is 9.80 Å². The van der Waals surface area contributed by atoms with Crippen molar-refractivity contribution in [2.24, 2.45) is 11.7 Å². The predicted molar refractivity (Wildman–Crippen MR) is 82.5 cm³/mol. The lowest BCUT2D eigenvalue weighted by Crippen LogP contribution is -2.53. The fraction of sp³-hybridized carbons (Fsp3) is 0.938. The maximum Gasteiger partial charge on any atom is 0.239 e. The highest BCUT2D eigenvalue weighted by Crippen LogP contribution is 2.21. The van der Waals surface area contributed by atoms with E-state index in [1.54, 1.807) is 0 Å². The molecule has 2 atom stereocenters. The first-order chi connectivity index (χ1) is 9.63. The van der Waals surface area contributed by atoms with Gasteiger partial charge in [0.25, 0.3) is 0 Å². The number of hydrogen-bond acceptors (Lipinski definition) is 3. The van der Waals surface area contributed by atoms with Crippen LogP contribution in [0.2, 0.25) is 0 Å². The highest BCUT2D eigenvalue weighted by molar-refractivity contribution is 5.82. The minimum absolute atomic E-state index is 0.163. The van der Waals surface area contributed by atoms with Gasteiger partial charge in [0.1, 0.15) is 0 Å². The molecule has 20 heavy (non-hydrogen) atoms. The van der Waals surface area contributed by atoms with Gasteiger partial charge in [-0.15, -0.1) is 0 Å². The van der Waals surface area contributed by atoms with E-state index < -0.39 is 0 Å². The zero-order valence-electron chi connectivity index (χ0n) is 13.2. The molecule has 116 valence electrons. The fourth-order valence-electron chi connectivity index (χ4n) is 3.44. The van der Waals surface area contributed by atoms with Gasteiger partial charge in [0, 0.05) is 19.1 Å². The molecule has 2 heterocycles. The van der Waals surface area contributed by atoms with Crippen LogP contribution in [0.15, 0.2) is 0 Å². The molecule has 2 rings (SSSR count). The molecular formula is C16H31N3O. The van der Waals surface area contributed by atoms with Gasteiger partial charge < -0.3 is 15.5 Å². The topological polar surface area (TPSA) is 49.6 Å². The molecule has 2 unspecified atom stereocenters. The van der Waals surface area contributed by atoms with E-state index in [4.69, 9.17) is 5.73 Å².